The summed E-state index contributed by atoms with van der Waals surface area (Å²) >= 11 is 0. The number of Topliss-reactive ketones (excluding diaryl/α,β-unsaturated/α-hetero) is 1. The molecule has 44 heavy (non-hydrogen) atoms. The van der Waals surface area contributed by atoms with Gasteiger partial charge in [-0.25, -0.2) is 22.8 Å². The van der Waals surface area contributed by atoms with Crippen molar-refractivity contribution in [2.45, 2.75) is 38.0 Å². The Balaban J connectivity index is 1.50. The van der Waals surface area contributed by atoms with Gasteiger partial charge in [0.05, 0.1) is 17.5 Å². The molecule has 0 bridgehead atoms. The summed E-state index contributed by atoms with van der Waals surface area (Å²) in [7, 11) is -3.73. The zero-order chi connectivity index (χ0) is 32.4. The molecule has 3 aromatic rings. The van der Waals surface area contributed by atoms with Gasteiger partial charge in [-0.2, -0.15) is 26.3 Å². The number of aromatic nitrogens is 2. The Bertz CT molecular complexity index is 1620. The first-order valence-corrected chi connectivity index (χ1v) is 15.2. The van der Waals surface area contributed by atoms with Crippen molar-refractivity contribution in [3.05, 3.63) is 76.9 Å². The molecular weight excluding hydrogens is 619 g/mol. The first-order valence-electron chi connectivity index (χ1n) is 13.3. The molecule has 238 valence electrons. The van der Waals surface area contributed by atoms with E-state index in [2.05, 4.69) is 9.97 Å². The van der Waals surface area contributed by atoms with Gasteiger partial charge in [-0.3, -0.25) is 9.52 Å². The standard InChI is InChI=1S/C28H28F7N5O3S/c1-17(19-5-8-22(21(29)16-19)38-44(2,42)43)23(41)9-6-18-7-10-24(28(33,34)35)37-25(18)39-12-14-40(15-13-39)26-20(27(30,31)32)4-3-11-36-26/h3-5,7-8,10-11,16-17,38H,6,9,12-15H2,1-2H3. The number of carbonyl (C=O) groups excluding carboxylic acids is 1. The van der Waals surface area contributed by atoms with Crippen LogP contribution in [-0.4, -0.2) is 56.6 Å². The lowest BCUT2D eigenvalue weighted by molar-refractivity contribution is -0.141. The van der Waals surface area contributed by atoms with E-state index in [4.69, 9.17) is 0 Å². The van der Waals surface area contributed by atoms with E-state index in [-0.39, 0.29) is 67.7 Å². The molecule has 0 saturated carbocycles. The van der Waals surface area contributed by atoms with E-state index in [1.807, 2.05) is 4.72 Å². The van der Waals surface area contributed by atoms with Crippen LogP contribution in [0.3, 0.4) is 0 Å². The van der Waals surface area contributed by atoms with Crippen LogP contribution in [0.15, 0.2) is 48.7 Å². The number of rotatable bonds is 9. The maximum absolute atomic E-state index is 14.5. The number of piperazine rings is 1. The highest BCUT2D eigenvalue weighted by molar-refractivity contribution is 7.92. The minimum absolute atomic E-state index is 0.00147. The summed E-state index contributed by atoms with van der Waals surface area (Å²) in [6.07, 6.45) is -7.43. The molecule has 1 atom stereocenters. The third-order valence-electron chi connectivity index (χ3n) is 7.13. The second kappa shape index (κ2) is 12.6. The average molecular weight is 648 g/mol. The van der Waals surface area contributed by atoms with E-state index in [1.165, 1.54) is 47.2 Å². The molecule has 1 saturated heterocycles. The molecule has 16 heteroatoms. The minimum atomic E-state index is -4.75. The molecule has 4 rings (SSSR count). The fourth-order valence-corrected chi connectivity index (χ4v) is 5.41. The third kappa shape index (κ3) is 7.95. The lowest BCUT2D eigenvalue weighted by Gasteiger charge is -2.37. The van der Waals surface area contributed by atoms with Crippen molar-refractivity contribution < 1.29 is 43.9 Å². The minimum Gasteiger partial charge on any atom is -0.353 e. The topological polar surface area (TPSA) is 95.5 Å². The molecule has 2 aromatic heterocycles. The number of aryl methyl sites for hydroxylation is 1. The maximum Gasteiger partial charge on any atom is 0.433 e. The molecule has 1 unspecified atom stereocenters. The van der Waals surface area contributed by atoms with Crippen LogP contribution >= 0.6 is 0 Å². The molecule has 1 fully saturated rings. The van der Waals surface area contributed by atoms with Crippen LogP contribution in [0.5, 0.6) is 0 Å². The van der Waals surface area contributed by atoms with E-state index in [0.717, 1.165) is 24.5 Å². The number of sulfonamides is 1. The number of nitrogens with zero attached hydrogens (tertiary/aromatic N) is 4. The van der Waals surface area contributed by atoms with Gasteiger partial charge in [-0.15, -0.1) is 0 Å². The van der Waals surface area contributed by atoms with Crippen molar-refractivity contribution in [1.29, 1.82) is 0 Å². The first-order chi connectivity index (χ1) is 20.4. The van der Waals surface area contributed by atoms with Crippen LogP contribution in [-0.2, 0) is 33.6 Å². The van der Waals surface area contributed by atoms with Gasteiger partial charge in [0.2, 0.25) is 10.0 Å². The Morgan fingerprint density at radius 1 is 0.955 bits per heavy atom. The maximum atomic E-state index is 14.5. The molecule has 8 nitrogen and oxygen atoms in total. The number of hydrogen-bond donors (Lipinski definition) is 1. The van der Waals surface area contributed by atoms with Crippen LogP contribution in [0.1, 0.15) is 41.6 Å². The van der Waals surface area contributed by atoms with E-state index in [0.29, 0.717) is 5.56 Å². The third-order valence-corrected chi connectivity index (χ3v) is 7.72. The number of nitrogens with one attached hydrogen (secondary N) is 1. The van der Waals surface area contributed by atoms with Crippen molar-refractivity contribution >= 4 is 33.1 Å². The summed E-state index contributed by atoms with van der Waals surface area (Å²) in [5.74, 6) is -2.34. The molecule has 3 heterocycles. The number of pyridine rings is 2. The van der Waals surface area contributed by atoms with Gasteiger partial charge >= 0.3 is 12.4 Å². The number of carbonyl (C=O) groups is 1. The van der Waals surface area contributed by atoms with Crippen molar-refractivity contribution in [1.82, 2.24) is 9.97 Å². The molecule has 1 aliphatic heterocycles. The van der Waals surface area contributed by atoms with Crippen LogP contribution < -0.4 is 14.5 Å². The monoisotopic (exact) mass is 647 g/mol. The molecule has 0 spiro atoms. The van der Waals surface area contributed by atoms with E-state index < -0.39 is 45.4 Å². The zero-order valence-corrected chi connectivity index (χ0v) is 24.3. The van der Waals surface area contributed by atoms with Crippen molar-refractivity contribution in [3.8, 4) is 0 Å². The van der Waals surface area contributed by atoms with Crippen LogP contribution in [0.25, 0.3) is 0 Å². The highest BCUT2D eigenvalue weighted by Crippen LogP contribution is 2.36. The quantitative estimate of drug-likeness (QED) is 0.300. The Labute approximate surface area is 249 Å². The van der Waals surface area contributed by atoms with Crippen LogP contribution in [0.4, 0.5) is 48.1 Å². The van der Waals surface area contributed by atoms with Crippen molar-refractivity contribution in [2.75, 3.05) is 47.0 Å². The number of halogens is 7. The van der Waals surface area contributed by atoms with Gasteiger partial charge in [0.15, 0.2) is 0 Å². The average Bonchev–Trinajstić information content (AvgIpc) is 2.95. The number of alkyl halides is 6. The lowest BCUT2D eigenvalue weighted by Crippen LogP contribution is -2.48. The Morgan fingerprint density at radius 3 is 2.16 bits per heavy atom. The largest absolute Gasteiger partial charge is 0.433 e. The molecule has 0 radical (unpaired) electrons. The lowest BCUT2D eigenvalue weighted by atomic mass is 9.92. The Morgan fingerprint density at radius 2 is 1.59 bits per heavy atom. The van der Waals surface area contributed by atoms with Gasteiger partial charge in [0.1, 0.15) is 28.9 Å². The summed E-state index contributed by atoms with van der Waals surface area (Å²) in [6.45, 7) is 1.68. The van der Waals surface area contributed by atoms with E-state index in [1.54, 1.807) is 0 Å². The molecule has 1 aliphatic rings. The Hall–Kier alpha value is -3.95. The molecule has 1 N–H and O–H groups in total. The predicted octanol–water partition coefficient (Wildman–Crippen LogP) is 5.66. The summed E-state index contributed by atoms with van der Waals surface area (Å²) < 4.78 is 120. The summed E-state index contributed by atoms with van der Waals surface area (Å²) in [5.41, 5.74) is -1.74. The first kappa shape index (κ1) is 33.0. The number of hydrogen-bond acceptors (Lipinski definition) is 7. The van der Waals surface area contributed by atoms with E-state index >= 15 is 0 Å². The van der Waals surface area contributed by atoms with Gasteiger partial charge < -0.3 is 9.80 Å². The smallest absolute Gasteiger partial charge is 0.353 e. The molecule has 0 aliphatic carbocycles. The second-order valence-corrected chi connectivity index (χ2v) is 12.1. The predicted molar refractivity (Wildman–Crippen MR) is 150 cm³/mol. The highest BCUT2D eigenvalue weighted by atomic mass is 32.2. The molecule has 0 amide bonds. The van der Waals surface area contributed by atoms with Gasteiger partial charge in [-0.05, 0) is 47.9 Å². The fourth-order valence-electron chi connectivity index (χ4n) is 4.85. The number of benzene rings is 1. The van der Waals surface area contributed by atoms with Crippen molar-refractivity contribution in [2.24, 2.45) is 0 Å². The van der Waals surface area contributed by atoms with E-state index in [9.17, 15) is 43.9 Å². The van der Waals surface area contributed by atoms with Crippen molar-refractivity contribution in [3.63, 3.8) is 0 Å². The highest BCUT2D eigenvalue weighted by Gasteiger charge is 2.37. The summed E-state index contributed by atoms with van der Waals surface area (Å²) in [6, 6.07) is 7.73. The normalized spacial score (nSPS) is 15.3. The summed E-state index contributed by atoms with van der Waals surface area (Å²) in [4.78, 5) is 23.7. The Kier molecular flexibility index (Phi) is 9.42. The molecular formula is C28H28F7N5O3S. The summed E-state index contributed by atoms with van der Waals surface area (Å²) in [5, 5.41) is 0. The number of anilines is 3. The van der Waals surface area contributed by atoms with Gasteiger partial charge in [-0.1, -0.05) is 19.1 Å². The van der Waals surface area contributed by atoms with Crippen LogP contribution in [0.2, 0.25) is 0 Å². The second-order valence-electron chi connectivity index (χ2n) is 10.3. The van der Waals surface area contributed by atoms with Gasteiger partial charge in [0.25, 0.3) is 0 Å². The van der Waals surface area contributed by atoms with Gasteiger partial charge in [0, 0.05) is 44.7 Å². The van der Waals surface area contributed by atoms with Crippen LogP contribution in [0, 0.1) is 5.82 Å². The zero-order valence-electron chi connectivity index (χ0n) is 23.5. The number of ketones is 1. The fraction of sp³-hybridized carbons (Fsp3) is 0.393. The SMILES string of the molecule is CC(C(=O)CCc1ccc(C(F)(F)F)nc1N1CCN(c2ncccc2C(F)(F)F)CC1)c1ccc(NS(C)(=O)=O)c(F)c1. The molecule has 1 aromatic carbocycles.